The molecule has 124 valence electrons. The Labute approximate surface area is 132 Å². The second-order valence-electron chi connectivity index (χ2n) is 5.67. The number of anilines is 2. The zero-order chi connectivity index (χ0) is 16.9. The summed E-state index contributed by atoms with van der Waals surface area (Å²) in [5, 5.41) is 5.59. The van der Waals surface area contributed by atoms with Gasteiger partial charge in [0.2, 0.25) is 10.0 Å². The van der Waals surface area contributed by atoms with Crippen LogP contribution in [-0.2, 0) is 10.0 Å². The van der Waals surface area contributed by atoms with E-state index >= 15 is 0 Å². The molecule has 0 aromatic heterocycles. The van der Waals surface area contributed by atoms with Gasteiger partial charge in [-0.2, -0.15) is 0 Å². The Bertz CT molecular complexity index is 627. The number of rotatable bonds is 6. The summed E-state index contributed by atoms with van der Waals surface area (Å²) in [6.45, 7) is 9.37. The summed E-state index contributed by atoms with van der Waals surface area (Å²) in [7, 11) is -3.31. The molecule has 1 atom stereocenters. The van der Waals surface area contributed by atoms with Crippen molar-refractivity contribution in [2.24, 2.45) is 5.92 Å². The highest BCUT2D eigenvalue weighted by Gasteiger charge is 2.12. The number of hydrogen-bond donors (Lipinski definition) is 3. The summed E-state index contributed by atoms with van der Waals surface area (Å²) in [6, 6.07) is 4.83. The van der Waals surface area contributed by atoms with E-state index in [0.717, 1.165) is 5.56 Å². The third-order valence-electron chi connectivity index (χ3n) is 3.49. The van der Waals surface area contributed by atoms with Crippen LogP contribution < -0.4 is 15.4 Å². The first-order valence-electron chi connectivity index (χ1n) is 7.33. The fourth-order valence-corrected chi connectivity index (χ4v) is 2.34. The molecule has 22 heavy (non-hydrogen) atoms. The van der Waals surface area contributed by atoms with Crippen LogP contribution in [-0.4, -0.2) is 26.2 Å². The van der Waals surface area contributed by atoms with Crippen LogP contribution in [0.3, 0.4) is 0 Å². The molecule has 3 N–H and O–H groups in total. The van der Waals surface area contributed by atoms with Gasteiger partial charge in [0.25, 0.3) is 0 Å². The summed E-state index contributed by atoms with van der Waals surface area (Å²) >= 11 is 0. The van der Waals surface area contributed by atoms with Gasteiger partial charge in [0, 0.05) is 11.7 Å². The van der Waals surface area contributed by atoms with Gasteiger partial charge in [-0.3, -0.25) is 4.72 Å². The first-order chi connectivity index (χ1) is 10.1. The van der Waals surface area contributed by atoms with Gasteiger partial charge in [0.05, 0.1) is 11.4 Å². The lowest BCUT2D eigenvalue weighted by Crippen LogP contribution is -2.39. The standard InChI is InChI=1S/C15H25N3O3S/c1-6-22(20,21)18-14-8-7-13(9-11(14)4)17-15(19)16-12(5)10(2)3/h7-10,12,18H,6H2,1-5H3,(H2,16,17,19). The number of nitrogens with one attached hydrogen (secondary N) is 3. The summed E-state index contributed by atoms with van der Waals surface area (Å²) < 4.78 is 25.7. The SMILES string of the molecule is CCS(=O)(=O)Nc1ccc(NC(=O)NC(C)C(C)C)cc1C. The number of amides is 2. The van der Waals surface area contributed by atoms with Crippen LogP contribution in [0, 0.1) is 12.8 Å². The number of carbonyl (C=O) groups is 1. The predicted octanol–water partition coefficient (Wildman–Crippen LogP) is 2.92. The maximum Gasteiger partial charge on any atom is 0.319 e. The molecule has 1 aromatic carbocycles. The molecule has 7 heteroatoms. The Morgan fingerprint density at radius 1 is 1.23 bits per heavy atom. The van der Waals surface area contributed by atoms with E-state index in [-0.39, 0.29) is 17.8 Å². The number of urea groups is 1. The van der Waals surface area contributed by atoms with Crippen molar-refractivity contribution in [1.29, 1.82) is 0 Å². The minimum absolute atomic E-state index is 0.0158. The number of benzene rings is 1. The van der Waals surface area contributed by atoms with Crippen LogP contribution in [0.1, 0.15) is 33.3 Å². The van der Waals surface area contributed by atoms with Crippen molar-refractivity contribution in [3.63, 3.8) is 0 Å². The molecule has 1 aromatic rings. The third kappa shape index (κ3) is 5.55. The molecule has 6 nitrogen and oxygen atoms in total. The molecule has 0 radical (unpaired) electrons. The molecule has 0 aliphatic heterocycles. The Balaban J connectivity index is 2.75. The third-order valence-corrected chi connectivity index (χ3v) is 4.78. The minimum atomic E-state index is -3.31. The quantitative estimate of drug-likeness (QED) is 0.750. The second-order valence-corrected chi connectivity index (χ2v) is 7.68. The Morgan fingerprint density at radius 3 is 2.36 bits per heavy atom. The molecule has 2 amide bonds. The van der Waals surface area contributed by atoms with Gasteiger partial charge in [0.15, 0.2) is 0 Å². The van der Waals surface area contributed by atoms with Crippen molar-refractivity contribution in [1.82, 2.24) is 5.32 Å². The summed E-state index contributed by atoms with van der Waals surface area (Å²) in [4.78, 5) is 11.9. The van der Waals surface area contributed by atoms with E-state index in [9.17, 15) is 13.2 Å². The van der Waals surface area contributed by atoms with Crippen LogP contribution in [0.4, 0.5) is 16.2 Å². The fourth-order valence-electron chi connectivity index (χ4n) is 1.64. The largest absolute Gasteiger partial charge is 0.335 e. The van der Waals surface area contributed by atoms with E-state index in [2.05, 4.69) is 15.4 Å². The van der Waals surface area contributed by atoms with Crippen molar-refractivity contribution in [2.45, 2.75) is 40.7 Å². The number of aryl methyl sites for hydroxylation is 1. The van der Waals surface area contributed by atoms with E-state index in [0.29, 0.717) is 17.3 Å². The number of carbonyl (C=O) groups excluding carboxylic acids is 1. The average Bonchev–Trinajstić information content (AvgIpc) is 2.41. The summed E-state index contributed by atoms with van der Waals surface area (Å²) in [6.07, 6.45) is 0. The summed E-state index contributed by atoms with van der Waals surface area (Å²) in [5.41, 5.74) is 1.88. The lowest BCUT2D eigenvalue weighted by Gasteiger charge is -2.18. The van der Waals surface area contributed by atoms with Crippen LogP contribution in [0.2, 0.25) is 0 Å². The summed E-state index contributed by atoms with van der Waals surface area (Å²) in [5.74, 6) is 0.361. The normalized spacial score (nSPS) is 12.8. The molecular weight excluding hydrogens is 302 g/mol. The van der Waals surface area contributed by atoms with Crippen molar-refractivity contribution in [3.8, 4) is 0 Å². The van der Waals surface area contributed by atoms with E-state index in [1.54, 1.807) is 32.0 Å². The fraction of sp³-hybridized carbons (Fsp3) is 0.533. The second kappa shape index (κ2) is 7.49. The maximum atomic E-state index is 11.9. The Morgan fingerprint density at radius 2 is 1.86 bits per heavy atom. The minimum Gasteiger partial charge on any atom is -0.335 e. The topological polar surface area (TPSA) is 87.3 Å². The number of hydrogen-bond acceptors (Lipinski definition) is 3. The molecule has 0 heterocycles. The highest BCUT2D eigenvalue weighted by Crippen LogP contribution is 2.20. The lowest BCUT2D eigenvalue weighted by molar-refractivity contribution is 0.246. The van der Waals surface area contributed by atoms with E-state index in [1.807, 2.05) is 20.8 Å². The Kier molecular flexibility index (Phi) is 6.22. The van der Waals surface area contributed by atoms with Crippen molar-refractivity contribution >= 4 is 27.4 Å². The predicted molar refractivity (Wildman–Crippen MR) is 90.7 cm³/mol. The molecule has 1 rings (SSSR count). The zero-order valence-corrected chi connectivity index (χ0v) is 14.5. The average molecular weight is 327 g/mol. The molecule has 0 fully saturated rings. The van der Waals surface area contributed by atoms with Gasteiger partial charge in [-0.25, -0.2) is 13.2 Å². The van der Waals surface area contributed by atoms with E-state index in [4.69, 9.17) is 0 Å². The van der Waals surface area contributed by atoms with Crippen molar-refractivity contribution in [3.05, 3.63) is 23.8 Å². The van der Waals surface area contributed by atoms with E-state index < -0.39 is 10.0 Å². The molecule has 1 unspecified atom stereocenters. The molecule has 0 aliphatic carbocycles. The van der Waals surface area contributed by atoms with Gasteiger partial charge >= 0.3 is 6.03 Å². The van der Waals surface area contributed by atoms with Gasteiger partial charge in [-0.1, -0.05) is 13.8 Å². The first kappa shape index (κ1) is 18.3. The van der Waals surface area contributed by atoms with Gasteiger partial charge in [-0.15, -0.1) is 0 Å². The van der Waals surface area contributed by atoms with Crippen molar-refractivity contribution < 1.29 is 13.2 Å². The lowest BCUT2D eigenvalue weighted by atomic mass is 10.1. The highest BCUT2D eigenvalue weighted by molar-refractivity contribution is 7.92. The molecule has 0 aliphatic rings. The van der Waals surface area contributed by atoms with Crippen LogP contribution in [0.15, 0.2) is 18.2 Å². The zero-order valence-electron chi connectivity index (χ0n) is 13.7. The highest BCUT2D eigenvalue weighted by atomic mass is 32.2. The molecule has 0 saturated heterocycles. The first-order valence-corrected chi connectivity index (χ1v) is 8.98. The van der Waals surface area contributed by atoms with Crippen LogP contribution in [0.5, 0.6) is 0 Å². The Hall–Kier alpha value is -1.76. The smallest absolute Gasteiger partial charge is 0.319 e. The molecule has 0 spiro atoms. The molecular formula is C15H25N3O3S. The van der Waals surface area contributed by atoms with E-state index in [1.165, 1.54) is 0 Å². The number of sulfonamides is 1. The molecule has 0 saturated carbocycles. The van der Waals surface area contributed by atoms with Gasteiger partial charge in [-0.05, 0) is 50.5 Å². The van der Waals surface area contributed by atoms with Crippen LogP contribution in [0.25, 0.3) is 0 Å². The monoisotopic (exact) mass is 327 g/mol. The van der Waals surface area contributed by atoms with Crippen molar-refractivity contribution in [2.75, 3.05) is 15.8 Å². The molecule has 0 bridgehead atoms. The van der Waals surface area contributed by atoms with Crippen LogP contribution >= 0.6 is 0 Å². The van der Waals surface area contributed by atoms with Gasteiger partial charge < -0.3 is 10.6 Å². The maximum absolute atomic E-state index is 11.9. The van der Waals surface area contributed by atoms with Gasteiger partial charge in [0.1, 0.15) is 0 Å².